The summed E-state index contributed by atoms with van der Waals surface area (Å²) >= 11 is 0. The highest BCUT2D eigenvalue weighted by atomic mass is 16.2. The highest BCUT2D eigenvalue weighted by Crippen LogP contribution is 2.35. The van der Waals surface area contributed by atoms with E-state index in [2.05, 4.69) is 10.9 Å². The third-order valence-electron chi connectivity index (χ3n) is 4.67. The zero-order valence-electron chi connectivity index (χ0n) is 14.5. The molecular weight excluding hydrogens is 330 g/mol. The van der Waals surface area contributed by atoms with Gasteiger partial charge >= 0.3 is 0 Å². The largest absolute Gasteiger partial charge is 0.338 e. The molecule has 0 saturated carbocycles. The van der Waals surface area contributed by atoms with E-state index in [1.807, 2.05) is 36.4 Å². The van der Waals surface area contributed by atoms with E-state index in [0.717, 1.165) is 5.56 Å². The molecule has 26 heavy (non-hydrogen) atoms. The molecule has 0 spiro atoms. The van der Waals surface area contributed by atoms with Crippen LogP contribution in [0.1, 0.15) is 34.8 Å². The minimum Gasteiger partial charge on any atom is -0.338 e. The van der Waals surface area contributed by atoms with Gasteiger partial charge in [-0.2, -0.15) is 0 Å². The first-order chi connectivity index (χ1) is 12.6. The average molecular weight is 351 g/mol. The number of nitrogens with zero attached hydrogens (tertiary/aromatic N) is 1. The Morgan fingerprint density at radius 1 is 0.962 bits per heavy atom. The molecule has 1 fully saturated rings. The Hall–Kier alpha value is -3.15. The van der Waals surface area contributed by atoms with E-state index in [0.29, 0.717) is 18.4 Å². The van der Waals surface area contributed by atoms with Crippen LogP contribution in [0.15, 0.2) is 60.7 Å². The quantitative estimate of drug-likeness (QED) is 0.831. The number of piperidine rings is 1. The van der Waals surface area contributed by atoms with Crippen LogP contribution in [-0.2, 0) is 9.59 Å². The normalized spacial score (nSPS) is 19.7. The molecule has 0 aliphatic carbocycles. The molecule has 1 heterocycles. The highest BCUT2D eigenvalue weighted by molar-refractivity contribution is 5.95. The summed E-state index contributed by atoms with van der Waals surface area (Å²) in [7, 11) is 1.71. The summed E-state index contributed by atoms with van der Waals surface area (Å²) in [6, 6.07) is 17.8. The van der Waals surface area contributed by atoms with Crippen molar-refractivity contribution in [2.45, 2.75) is 18.9 Å². The Morgan fingerprint density at radius 2 is 1.58 bits per heavy atom. The second kappa shape index (κ2) is 7.82. The number of hydrazine groups is 1. The Kier molecular flexibility index (Phi) is 5.31. The summed E-state index contributed by atoms with van der Waals surface area (Å²) in [5, 5.41) is 0. The van der Waals surface area contributed by atoms with Gasteiger partial charge in [-0.3, -0.25) is 25.2 Å². The summed E-state index contributed by atoms with van der Waals surface area (Å²) in [6.07, 6.45) is 0.750. The Labute approximate surface area is 152 Å². The van der Waals surface area contributed by atoms with E-state index in [9.17, 15) is 14.4 Å². The number of hydrogen-bond donors (Lipinski definition) is 2. The first-order valence-corrected chi connectivity index (χ1v) is 8.54. The van der Waals surface area contributed by atoms with Crippen LogP contribution in [0.5, 0.6) is 0 Å². The van der Waals surface area contributed by atoms with Crippen LogP contribution in [0.3, 0.4) is 0 Å². The lowest BCUT2D eigenvalue weighted by atomic mass is 9.84. The second-order valence-electron chi connectivity index (χ2n) is 6.31. The van der Waals surface area contributed by atoms with Crippen LogP contribution in [0, 0.1) is 5.92 Å². The third kappa shape index (κ3) is 3.74. The number of benzene rings is 2. The highest BCUT2D eigenvalue weighted by Gasteiger charge is 2.38. The maximum absolute atomic E-state index is 12.7. The lowest BCUT2D eigenvalue weighted by molar-refractivity contribution is -0.142. The van der Waals surface area contributed by atoms with Crippen molar-refractivity contribution in [2.24, 2.45) is 5.92 Å². The molecule has 2 atom stereocenters. The lowest BCUT2D eigenvalue weighted by Crippen LogP contribution is -2.50. The van der Waals surface area contributed by atoms with E-state index in [4.69, 9.17) is 0 Å². The molecule has 0 aromatic heterocycles. The molecule has 6 nitrogen and oxygen atoms in total. The standard InChI is InChI=1S/C20H21N3O3/c1-23-17(24)13-12-16(18(23)14-8-4-2-5-9-14)20(26)22-21-19(25)15-10-6-3-7-11-15/h2-11,16,18H,12-13H2,1H3,(H,21,25)(H,22,26)/t16-,18+/m1/s1. The topological polar surface area (TPSA) is 78.5 Å². The van der Waals surface area contributed by atoms with Crippen LogP contribution >= 0.6 is 0 Å². The predicted molar refractivity (Wildman–Crippen MR) is 96.7 cm³/mol. The fourth-order valence-corrected chi connectivity index (χ4v) is 3.29. The van der Waals surface area contributed by atoms with Crippen LogP contribution in [0.25, 0.3) is 0 Å². The van der Waals surface area contributed by atoms with E-state index in [-0.39, 0.29) is 23.8 Å². The number of carbonyl (C=O) groups is 3. The molecule has 2 aromatic rings. The average Bonchev–Trinajstić information content (AvgIpc) is 2.69. The van der Waals surface area contributed by atoms with E-state index < -0.39 is 5.92 Å². The van der Waals surface area contributed by atoms with Gasteiger partial charge in [-0.15, -0.1) is 0 Å². The smallest absolute Gasteiger partial charge is 0.269 e. The number of rotatable bonds is 3. The zero-order valence-corrected chi connectivity index (χ0v) is 14.5. The Bertz CT molecular complexity index is 792. The zero-order chi connectivity index (χ0) is 18.5. The molecule has 1 saturated heterocycles. The number of nitrogens with one attached hydrogen (secondary N) is 2. The van der Waals surface area contributed by atoms with Gasteiger partial charge in [0.25, 0.3) is 5.91 Å². The molecule has 6 heteroatoms. The van der Waals surface area contributed by atoms with Gasteiger partial charge in [-0.1, -0.05) is 48.5 Å². The van der Waals surface area contributed by atoms with Crippen molar-refractivity contribution in [3.63, 3.8) is 0 Å². The van der Waals surface area contributed by atoms with Gasteiger partial charge in [0.1, 0.15) is 0 Å². The van der Waals surface area contributed by atoms with Gasteiger partial charge in [0.2, 0.25) is 11.8 Å². The van der Waals surface area contributed by atoms with E-state index >= 15 is 0 Å². The summed E-state index contributed by atoms with van der Waals surface area (Å²) in [5.41, 5.74) is 6.32. The van der Waals surface area contributed by atoms with Crippen molar-refractivity contribution in [1.82, 2.24) is 15.8 Å². The lowest BCUT2D eigenvalue weighted by Gasteiger charge is -2.38. The molecular formula is C20H21N3O3. The summed E-state index contributed by atoms with van der Waals surface area (Å²) < 4.78 is 0. The van der Waals surface area contributed by atoms with E-state index in [1.54, 1.807) is 36.2 Å². The predicted octanol–water partition coefficient (Wildman–Crippen LogP) is 2.06. The molecule has 1 aliphatic heterocycles. The van der Waals surface area contributed by atoms with Gasteiger partial charge in [0.15, 0.2) is 0 Å². The fourth-order valence-electron chi connectivity index (χ4n) is 3.29. The van der Waals surface area contributed by atoms with Gasteiger partial charge < -0.3 is 4.90 Å². The minimum atomic E-state index is -0.434. The maximum Gasteiger partial charge on any atom is 0.269 e. The molecule has 0 radical (unpaired) electrons. The summed E-state index contributed by atoms with van der Waals surface area (Å²) in [4.78, 5) is 38.6. The summed E-state index contributed by atoms with van der Waals surface area (Å²) in [6.45, 7) is 0. The molecule has 3 amide bonds. The molecule has 0 bridgehead atoms. The van der Waals surface area contributed by atoms with Crippen molar-refractivity contribution in [1.29, 1.82) is 0 Å². The molecule has 134 valence electrons. The van der Waals surface area contributed by atoms with Crippen LogP contribution in [-0.4, -0.2) is 29.7 Å². The van der Waals surface area contributed by atoms with Gasteiger partial charge in [0.05, 0.1) is 12.0 Å². The third-order valence-corrected chi connectivity index (χ3v) is 4.67. The summed E-state index contributed by atoms with van der Waals surface area (Å²) in [5.74, 6) is -1.11. The molecule has 0 unspecified atom stereocenters. The Balaban J connectivity index is 1.72. The van der Waals surface area contributed by atoms with E-state index in [1.165, 1.54) is 0 Å². The van der Waals surface area contributed by atoms with Gasteiger partial charge in [-0.05, 0) is 24.1 Å². The minimum absolute atomic E-state index is 0.0104. The van der Waals surface area contributed by atoms with Crippen molar-refractivity contribution in [3.8, 4) is 0 Å². The van der Waals surface area contributed by atoms with Crippen LogP contribution in [0.4, 0.5) is 0 Å². The maximum atomic E-state index is 12.7. The molecule has 2 aromatic carbocycles. The number of likely N-dealkylation sites (tertiary alicyclic amines) is 1. The second-order valence-corrected chi connectivity index (χ2v) is 6.31. The van der Waals surface area contributed by atoms with Crippen LogP contribution < -0.4 is 10.9 Å². The monoisotopic (exact) mass is 351 g/mol. The molecule has 2 N–H and O–H groups in total. The van der Waals surface area contributed by atoms with Crippen molar-refractivity contribution in [2.75, 3.05) is 7.05 Å². The number of carbonyl (C=O) groups excluding carboxylic acids is 3. The first-order valence-electron chi connectivity index (χ1n) is 8.54. The molecule has 1 aliphatic rings. The molecule has 3 rings (SSSR count). The van der Waals surface area contributed by atoms with Crippen molar-refractivity contribution >= 4 is 17.7 Å². The number of amides is 3. The van der Waals surface area contributed by atoms with Crippen molar-refractivity contribution in [3.05, 3.63) is 71.8 Å². The fraction of sp³-hybridized carbons (Fsp3) is 0.250. The Morgan fingerprint density at radius 3 is 2.23 bits per heavy atom. The van der Waals surface area contributed by atoms with Crippen molar-refractivity contribution < 1.29 is 14.4 Å². The van der Waals surface area contributed by atoms with Gasteiger partial charge in [0, 0.05) is 19.0 Å². The van der Waals surface area contributed by atoms with Gasteiger partial charge in [-0.25, -0.2) is 0 Å². The van der Waals surface area contributed by atoms with Crippen LogP contribution in [0.2, 0.25) is 0 Å². The first kappa shape index (κ1) is 17.7. The SMILES string of the molecule is CN1C(=O)CC[C@@H](C(=O)NNC(=O)c2ccccc2)[C@@H]1c1ccccc1. The number of hydrogen-bond acceptors (Lipinski definition) is 3.